The molecule has 0 aliphatic heterocycles. The lowest BCUT2D eigenvalue weighted by Gasteiger charge is -2.10. The zero-order valence-corrected chi connectivity index (χ0v) is 19.3. The number of hydrogen-bond acceptors (Lipinski definition) is 4. The Labute approximate surface area is 192 Å². The van der Waals surface area contributed by atoms with Crippen molar-refractivity contribution in [2.24, 2.45) is 0 Å². The van der Waals surface area contributed by atoms with Gasteiger partial charge in [-0.25, -0.2) is 4.68 Å². The third kappa shape index (κ3) is 4.46. The lowest BCUT2D eigenvalue weighted by atomic mass is 10.1. The highest BCUT2D eigenvalue weighted by Gasteiger charge is 2.16. The first kappa shape index (κ1) is 21.8. The molecule has 0 aliphatic rings. The van der Waals surface area contributed by atoms with Gasteiger partial charge in [0.05, 0.1) is 22.1 Å². The quantitative estimate of drug-likeness (QED) is 0.418. The molecule has 0 saturated heterocycles. The van der Waals surface area contributed by atoms with Crippen molar-refractivity contribution in [1.29, 1.82) is 0 Å². The van der Waals surface area contributed by atoms with Crippen LogP contribution in [0.4, 0.5) is 5.69 Å². The summed E-state index contributed by atoms with van der Waals surface area (Å²) in [6.07, 6.45) is 0.977. The zero-order chi connectivity index (χ0) is 22.8. The van der Waals surface area contributed by atoms with Crippen molar-refractivity contribution in [2.75, 3.05) is 11.9 Å². The Morgan fingerprint density at radius 1 is 1.09 bits per heavy atom. The fourth-order valence-corrected chi connectivity index (χ4v) is 3.93. The first-order valence-corrected chi connectivity index (χ1v) is 10.9. The van der Waals surface area contributed by atoms with E-state index in [0.29, 0.717) is 22.2 Å². The van der Waals surface area contributed by atoms with Crippen LogP contribution in [-0.2, 0) is 11.2 Å². The monoisotopic (exact) mass is 448 g/mol. The Balaban J connectivity index is 1.57. The highest BCUT2D eigenvalue weighted by molar-refractivity contribution is 6.33. The van der Waals surface area contributed by atoms with Crippen LogP contribution in [0.5, 0.6) is 5.88 Å². The maximum absolute atomic E-state index is 12.4. The third-order valence-electron chi connectivity index (χ3n) is 5.33. The van der Waals surface area contributed by atoms with Crippen molar-refractivity contribution >= 4 is 34.2 Å². The van der Waals surface area contributed by atoms with Gasteiger partial charge in [-0.05, 0) is 68.1 Å². The van der Waals surface area contributed by atoms with E-state index in [2.05, 4.69) is 34.5 Å². The topological polar surface area (TPSA) is 69.0 Å². The van der Waals surface area contributed by atoms with E-state index >= 15 is 0 Å². The molecule has 164 valence electrons. The highest BCUT2D eigenvalue weighted by atomic mass is 35.5. The summed E-state index contributed by atoms with van der Waals surface area (Å²) in [6, 6.07) is 15.5. The van der Waals surface area contributed by atoms with Crippen molar-refractivity contribution in [2.45, 2.75) is 34.1 Å². The number of ether oxygens (including phenoxy) is 1. The fourth-order valence-electron chi connectivity index (χ4n) is 3.65. The zero-order valence-electron chi connectivity index (χ0n) is 18.6. The fraction of sp³-hybridized carbons (Fsp3) is 0.240. The molecule has 0 aliphatic carbocycles. The minimum atomic E-state index is -0.310. The van der Waals surface area contributed by atoms with Crippen LogP contribution in [0.3, 0.4) is 0 Å². The van der Waals surface area contributed by atoms with Gasteiger partial charge in [0, 0.05) is 11.5 Å². The molecule has 2 heterocycles. The summed E-state index contributed by atoms with van der Waals surface area (Å²) in [4.78, 5) is 17.0. The number of carbonyl (C=O) groups excluding carboxylic acids is 1. The molecule has 0 bridgehead atoms. The molecule has 7 heteroatoms. The number of aromatic nitrogens is 3. The minimum absolute atomic E-state index is 0.180. The van der Waals surface area contributed by atoms with Crippen LogP contribution in [0.25, 0.3) is 16.7 Å². The van der Waals surface area contributed by atoms with Gasteiger partial charge in [-0.15, -0.1) is 0 Å². The van der Waals surface area contributed by atoms with E-state index in [1.54, 1.807) is 12.1 Å². The molecule has 0 radical (unpaired) electrons. The molecular weight excluding hydrogens is 424 g/mol. The van der Waals surface area contributed by atoms with E-state index in [0.717, 1.165) is 34.3 Å². The molecule has 1 N–H and O–H groups in total. The molecule has 0 atom stereocenters. The predicted molar refractivity (Wildman–Crippen MR) is 128 cm³/mol. The van der Waals surface area contributed by atoms with Crippen LogP contribution in [0.15, 0.2) is 48.5 Å². The molecule has 4 rings (SSSR count). The summed E-state index contributed by atoms with van der Waals surface area (Å²) in [5.74, 6) is 0.0571. The van der Waals surface area contributed by atoms with E-state index in [-0.39, 0.29) is 12.5 Å². The number of aryl methyl sites for hydroxylation is 4. The number of carbonyl (C=O) groups is 1. The standard InChI is InChI=1S/C25H25ClN4O2/c1-5-18-7-9-19(10-8-18)30-25-24(17(4)29-30)16(3)13-23(28-25)32-14-22(31)27-21-11-6-15(2)12-20(21)26/h6-13H,5,14H2,1-4H3,(H,27,31). The van der Waals surface area contributed by atoms with Gasteiger partial charge in [-0.3, -0.25) is 4.79 Å². The van der Waals surface area contributed by atoms with Gasteiger partial charge in [0.15, 0.2) is 12.3 Å². The number of nitrogens with one attached hydrogen (secondary N) is 1. The van der Waals surface area contributed by atoms with Crippen LogP contribution in [-0.4, -0.2) is 27.3 Å². The van der Waals surface area contributed by atoms with Gasteiger partial charge in [-0.1, -0.05) is 36.7 Å². The van der Waals surface area contributed by atoms with Crippen molar-refractivity contribution in [1.82, 2.24) is 14.8 Å². The number of hydrogen-bond donors (Lipinski definition) is 1. The molecule has 2 aromatic carbocycles. The summed E-state index contributed by atoms with van der Waals surface area (Å²) in [6.45, 7) is 7.84. The van der Waals surface area contributed by atoms with E-state index in [9.17, 15) is 4.79 Å². The van der Waals surface area contributed by atoms with E-state index in [4.69, 9.17) is 16.3 Å². The van der Waals surface area contributed by atoms with Crippen LogP contribution in [0, 0.1) is 20.8 Å². The maximum Gasteiger partial charge on any atom is 0.262 e. The van der Waals surface area contributed by atoms with Gasteiger partial charge in [0.2, 0.25) is 5.88 Å². The SMILES string of the molecule is CCc1ccc(-n2nc(C)c3c(C)cc(OCC(=O)Nc4ccc(C)cc4Cl)nc32)cc1. The smallest absolute Gasteiger partial charge is 0.262 e. The number of fused-ring (bicyclic) bond motifs is 1. The molecule has 4 aromatic rings. The molecule has 0 spiro atoms. The van der Waals surface area contributed by atoms with E-state index < -0.39 is 0 Å². The number of halogens is 1. The molecule has 32 heavy (non-hydrogen) atoms. The average Bonchev–Trinajstić information content (AvgIpc) is 3.11. The summed E-state index contributed by atoms with van der Waals surface area (Å²) >= 11 is 6.20. The highest BCUT2D eigenvalue weighted by Crippen LogP contribution is 2.27. The second-order valence-corrected chi connectivity index (χ2v) is 8.22. The number of rotatable bonds is 6. The average molecular weight is 449 g/mol. The molecule has 6 nitrogen and oxygen atoms in total. The number of benzene rings is 2. The Bertz CT molecular complexity index is 1300. The van der Waals surface area contributed by atoms with Gasteiger partial charge >= 0.3 is 0 Å². The van der Waals surface area contributed by atoms with Crippen LogP contribution in [0.2, 0.25) is 5.02 Å². The van der Waals surface area contributed by atoms with Gasteiger partial charge in [-0.2, -0.15) is 10.1 Å². The summed E-state index contributed by atoms with van der Waals surface area (Å²) in [7, 11) is 0. The van der Waals surface area contributed by atoms with Crippen molar-refractivity contribution in [3.8, 4) is 11.6 Å². The Kier molecular flexibility index (Phi) is 6.15. The molecule has 1 amide bonds. The lowest BCUT2D eigenvalue weighted by Crippen LogP contribution is -2.20. The van der Waals surface area contributed by atoms with Crippen molar-refractivity contribution < 1.29 is 9.53 Å². The summed E-state index contributed by atoms with van der Waals surface area (Å²) in [5.41, 5.74) is 6.33. The second kappa shape index (κ2) is 9.01. The normalized spacial score (nSPS) is 11.0. The van der Waals surface area contributed by atoms with E-state index in [1.807, 2.05) is 49.7 Å². The number of anilines is 1. The van der Waals surface area contributed by atoms with Gasteiger partial charge in [0.1, 0.15) is 0 Å². The molecule has 2 aromatic heterocycles. The van der Waals surface area contributed by atoms with Crippen LogP contribution < -0.4 is 10.1 Å². The Morgan fingerprint density at radius 3 is 2.53 bits per heavy atom. The number of amides is 1. The third-order valence-corrected chi connectivity index (χ3v) is 5.64. The summed E-state index contributed by atoms with van der Waals surface area (Å²) in [5, 5.41) is 8.93. The van der Waals surface area contributed by atoms with Crippen LogP contribution in [0.1, 0.15) is 29.3 Å². The minimum Gasteiger partial charge on any atom is -0.467 e. The Morgan fingerprint density at radius 2 is 1.84 bits per heavy atom. The molecule has 0 unspecified atom stereocenters. The molecule has 0 fully saturated rings. The summed E-state index contributed by atoms with van der Waals surface area (Å²) < 4.78 is 7.54. The lowest BCUT2D eigenvalue weighted by molar-refractivity contribution is -0.118. The molecule has 0 saturated carbocycles. The number of pyridine rings is 1. The molecular formula is C25H25ClN4O2. The van der Waals surface area contributed by atoms with Crippen molar-refractivity contribution in [3.63, 3.8) is 0 Å². The van der Waals surface area contributed by atoms with Crippen molar-refractivity contribution in [3.05, 3.63) is 75.9 Å². The maximum atomic E-state index is 12.4. The largest absolute Gasteiger partial charge is 0.467 e. The number of nitrogens with zero attached hydrogens (tertiary/aromatic N) is 3. The first-order valence-electron chi connectivity index (χ1n) is 10.5. The van der Waals surface area contributed by atoms with Crippen LogP contribution >= 0.6 is 11.6 Å². The van der Waals surface area contributed by atoms with Gasteiger partial charge < -0.3 is 10.1 Å². The second-order valence-electron chi connectivity index (χ2n) is 7.81. The first-order chi connectivity index (χ1) is 15.4. The Hall–Kier alpha value is -3.38. The predicted octanol–water partition coefficient (Wildman–Crippen LogP) is 5.58. The van der Waals surface area contributed by atoms with Gasteiger partial charge in [0.25, 0.3) is 5.91 Å². The van der Waals surface area contributed by atoms with E-state index in [1.165, 1.54) is 5.56 Å².